The van der Waals surface area contributed by atoms with Crippen LogP contribution >= 0.6 is 0 Å². The van der Waals surface area contributed by atoms with Crippen LogP contribution in [-0.2, 0) is 4.79 Å². The zero-order valence-electron chi connectivity index (χ0n) is 9.18. The summed E-state index contributed by atoms with van der Waals surface area (Å²) < 4.78 is 0. The summed E-state index contributed by atoms with van der Waals surface area (Å²) in [5.41, 5.74) is 3.32. The lowest BCUT2D eigenvalue weighted by molar-refractivity contribution is -0.109. The van der Waals surface area contributed by atoms with Crippen LogP contribution in [0.3, 0.4) is 0 Å². The smallest absolute Gasteiger partial charge is 0.120 e. The minimum atomic E-state index is 0.242. The molecule has 0 saturated heterocycles. The maximum absolute atomic E-state index is 10.5. The van der Waals surface area contributed by atoms with Crippen LogP contribution in [-0.4, -0.2) is 6.29 Å². The second kappa shape index (κ2) is 3.65. The summed E-state index contributed by atoms with van der Waals surface area (Å²) in [7, 11) is 0. The largest absolute Gasteiger partial charge is 0.303 e. The summed E-state index contributed by atoms with van der Waals surface area (Å²) in [6.07, 6.45) is 4.06. The van der Waals surface area contributed by atoms with E-state index in [0.717, 1.165) is 19.1 Å². The average Bonchev–Trinajstić information content (AvgIpc) is 2.29. The molecule has 0 heterocycles. The SMILES string of the molecule is CCC1=C(C)C(C)(C)C(CC=O)C1. The quantitative estimate of drug-likeness (QED) is 0.481. The van der Waals surface area contributed by atoms with Crippen molar-refractivity contribution in [3.8, 4) is 0 Å². The number of carbonyl (C=O) groups is 1. The maximum Gasteiger partial charge on any atom is 0.120 e. The Morgan fingerprint density at radius 2 is 2.15 bits per heavy atom. The molecule has 0 N–H and O–H groups in total. The number of aldehydes is 1. The first kappa shape index (κ1) is 10.5. The van der Waals surface area contributed by atoms with E-state index in [4.69, 9.17) is 0 Å². The van der Waals surface area contributed by atoms with Crippen LogP contribution < -0.4 is 0 Å². The zero-order valence-corrected chi connectivity index (χ0v) is 9.18. The first-order chi connectivity index (χ1) is 6.04. The van der Waals surface area contributed by atoms with Gasteiger partial charge < -0.3 is 4.79 Å². The Morgan fingerprint density at radius 1 is 1.54 bits per heavy atom. The highest BCUT2D eigenvalue weighted by molar-refractivity contribution is 5.51. The fraction of sp³-hybridized carbons (Fsp3) is 0.750. The van der Waals surface area contributed by atoms with E-state index in [-0.39, 0.29) is 5.41 Å². The van der Waals surface area contributed by atoms with E-state index >= 15 is 0 Å². The van der Waals surface area contributed by atoms with Crippen LogP contribution in [0.25, 0.3) is 0 Å². The highest BCUT2D eigenvalue weighted by Gasteiger charge is 2.37. The van der Waals surface area contributed by atoms with Crippen molar-refractivity contribution < 1.29 is 4.79 Å². The Hall–Kier alpha value is -0.590. The lowest BCUT2D eigenvalue weighted by Crippen LogP contribution is -2.20. The molecule has 0 aromatic carbocycles. The average molecular weight is 180 g/mol. The lowest BCUT2D eigenvalue weighted by Gasteiger charge is -2.28. The van der Waals surface area contributed by atoms with Gasteiger partial charge in [0.1, 0.15) is 6.29 Å². The third-order valence-corrected chi connectivity index (χ3v) is 3.82. The van der Waals surface area contributed by atoms with Crippen LogP contribution in [0, 0.1) is 11.3 Å². The standard InChI is InChI=1S/C12H20O/c1-5-10-8-11(6-7-13)12(3,4)9(10)2/h7,11H,5-6,8H2,1-4H3. The van der Waals surface area contributed by atoms with Gasteiger partial charge in [0.2, 0.25) is 0 Å². The molecule has 0 aliphatic heterocycles. The molecule has 1 rings (SSSR count). The Bertz CT molecular complexity index is 236. The monoisotopic (exact) mass is 180 g/mol. The Labute approximate surface area is 81.2 Å². The van der Waals surface area contributed by atoms with Gasteiger partial charge in [0, 0.05) is 6.42 Å². The molecular formula is C12H20O. The van der Waals surface area contributed by atoms with Crippen molar-refractivity contribution in [3.05, 3.63) is 11.1 Å². The molecule has 1 nitrogen and oxygen atoms in total. The molecule has 0 aromatic rings. The van der Waals surface area contributed by atoms with Gasteiger partial charge in [0.05, 0.1) is 0 Å². The lowest BCUT2D eigenvalue weighted by atomic mass is 9.76. The topological polar surface area (TPSA) is 17.1 Å². The summed E-state index contributed by atoms with van der Waals surface area (Å²) in [5, 5.41) is 0. The molecule has 74 valence electrons. The number of allylic oxidation sites excluding steroid dienone is 2. The highest BCUT2D eigenvalue weighted by Crippen LogP contribution is 2.48. The van der Waals surface area contributed by atoms with E-state index < -0.39 is 0 Å². The second-order valence-electron chi connectivity index (χ2n) is 4.61. The summed E-state index contributed by atoms with van der Waals surface area (Å²) in [4.78, 5) is 10.5. The van der Waals surface area contributed by atoms with Crippen molar-refractivity contribution in [2.45, 2.75) is 47.0 Å². The first-order valence-corrected chi connectivity index (χ1v) is 5.16. The molecule has 1 atom stereocenters. The fourth-order valence-electron chi connectivity index (χ4n) is 2.37. The van der Waals surface area contributed by atoms with Gasteiger partial charge in [-0.1, -0.05) is 31.9 Å². The van der Waals surface area contributed by atoms with E-state index in [9.17, 15) is 4.79 Å². The Morgan fingerprint density at radius 3 is 2.54 bits per heavy atom. The molecule has 0 bridgehead atoms. The molecule has 0 fully saturated rings. The molecule has 0 amide bonds. The minimum absolute atomic E-state index is 0.242. The van der Waals surface area contributed by atoms with E-state index in [1.807, 2.05) is 0 Å². The van der Waals surface area contributed by atoms with Crippen LogP contribution in [0.5, 0.6) is 0 Å². The van der Waals surface area contributed by atoms with Gasteiger partial charge >= 0.3 is 0 Å². The van der Waals surface area contributed by atoms with E-state index in [0.29, 0.717) is 12.3 Å². The molecule has 0 radical (unpaired) electrons. The predicted octanol–water partition coefficient (Wildman–Crippen LogP) is 3.35. The third-order valence-electron chi connectivity index (χ3n) is 3.82. The van der Waals surface area contributed by atoms with Crippen molar-refractivity contribution >= 4 is 6.29 Å². The first-order valence-electron chi connectivity index (χ1n) is 5.16. The van der Waals surface area contributed by atoms with Gasteiger partial charge in [-0.25, -0.2) is 0 Å². The summed E-state index contributed by atoms with van der Waals surface area (Å²) in [5.74, 6) is 0.542. The van der Waals surface area contributed by atoms with Crippen molar-refractivity contribution in [2.75, 3.05) is 0 Å². The maximum atomic E-state index is 10.5. The van der Waals surface area contributed by atoms with Crippen molar-refractivity contribution in [1.29, 1.82) is 0 Å². The molecule has 1 unspecified atom stereocenters. The summed E-state index contributed by atoms with van der Waals surface area (Å²) in [6, 6.07) is 0. The molecule has 0 aromatic heterocycles. The van der Waals surface area contributed by atoms with Gasteiger partial charge in [-0.05, 0) is 31.1 Å². The van der Waals surface area contributed by atoms with Gasteiger partial charge in [0.15, 0.2) is 0 Å². The number of hydrogen-bond acceptors (Lipinski definition) is 1. The molecule has 0 saturated carbocycles. The Balaban J connectivity index is 2.86. The zero-order chi connectivity index (χ0) is 10.1. The Kier molecular flexibility index (Phi) is 2.94. The molecule has 13 heavy (non-hydrogen) atoms. The van der Waals surface area contributed by atoms with Crippen LogP contribution in [0.1, 0.15) is 47.0 Å². The molecule has 1 aliphatic carbocycles. The molecule has 1 aliphatic rings. The van der Waals surface area contributed by atoms with Crippen molar-refractivity contribution in [1.82, 2.24) is 0 Å². The van der Waals surface area contributed by atoms with Crippen molar-refractivity contribution in [3.63, 3.8) is 0 Å². The van der Waals surface area contributed by atoms with Gasteiger partial charge in [-0.3, -0.25) is 0 Å². The summed E-state index contributed by atoms with van der Waals surface area (Å²) >= 11 is 0. The van der Waals surface area contributed by atoms with Gasteiger partial charge in [-0.15, -0.1) is 0 Å². The number of rotatable bonds is 3. The second-order valence-corrected chi connectivity index (χ2v) is 4.61. The van der Waals surface area contributed by atoms with Crippen LogP contribution in [0.2, 0.25) is 0 Å². The molecule has 0 spiro atoms. The predicted molar refractivity (Wildman–Crippen MR) is 55.6 cm³/mol. The van der Waals surface area contributed by atoms with E-state index in [1.54, 1.807) is 5.57 Å². The van der Waals surface area contributed by atoms with Crippen molar-refractivity contribution in [2.24, 2.45) is 11.3 Å². The van der Waals surface area contributed by atoms with Gasteiger partial charge in [0.25, 0.3) is 0 Å². The fourth-order valence-corrected chi connectivity index (χ4v) is 2.37. The van der Waals surface area contributed by atoms with Gasteiger partial charge in [-0.2, -0.15) is 0 Å². The molecular weight excluding hydrogens is 160 g/mol. The highest BCUT2D eigenvalue weighted by atomic mass is 16.1. The normalized spacial score (nSPS) is 26.6. The van der Waals surface area contributed by atoms with E-state index in [2.05, 4.69) is 27.7 Å². The van der Waals surface area contributed by atoms with Crippen LogP contribution in [0.4, 0.5) is 0 Å². The third kappa shape index (κ3) is 1.70. The summed E-state index contributed by atoms with van der Waals surface area (Å²) in [6.45, 7) is 8.96. The van der Waals surface area contributed by atoms with E-state index in [1.165, 1.54) is 5.57 Å². The van der Waals surface area contributed by atoms with Crippen LogP contribution in [0.15, 0.2) is 11.1 Å². The number of hydrogen-bond donors (Lipinski definition) is 0. The number of carbonyl (C=O) groups excluding carboxylic acids is 1. The molecule has 1 heteroatoms. The minimum Gasteiger partial charge on any atom is -0.303 e.